The number of hydrogen-bond donors (Lipinski definition) is 1. The van der Waals surface area contributed by atoms with Gasteiger partial charge in [-0.2, -0.15) is 5.10 Å². The van der Waals surface area contributed by atoms with Crippen molar-refractivity contribution in [2.75, 3.05) is 6.61 Å². The number of para-hydroxylation sites is 3. The minimum Gasteiger partial charge on any atom is -0.492 e. The van der Waals surface area contributed by atoms with Crippen molar-refractivity contribution in [3.8, 4) is 5.75 Å². The smallest absolute Gasteiger partial charge is 0.260 e. The summed E-state index contributed by atoms with van der Waals surface area (Å²) in [7, 11) is 0. The number of aromatic nitrogens is 2. The van der Waals surface area contributed by atoms with E-state index in [2.05, 4.69) is 15.5 Å². The number of nitrogens with zero attached hydrogens (tertiary/aromatic N) is 3. The third-order valence-electron chi connectivity index (χ3n) is 3.95. The van der Waals surface area contributed by atoms with Gasteiger partial charge in [0.05, 0.1) is 29.7 Å². The predicted octanol–water partition coefficient (Wildman–Crippen LogP) is 2.34. The molecule has 120 valence electrons. The van der Waals surface area contributed by atoms with E-state index >= 15 is 0 Å². The summed E-state index contributed by atoms with van der Waals surface area (Å²) in [6.07, 6.45) is 2.34. The number of hydrogen-bond acceptors (Lipinski definition) is 4. The van der Waals surface area contributed by atoms with Gasteiger partial charge in [0, 0.05) is 12.0 Å². The second kappa shape index (κ2) is 6.16. The van der Waals surface area contributed by atoms with Crippen LogP contribution in [-0.2, 0) is 11.3 Å². The van der Waals surface area contributed by atoms with Gasteiger partial charge in [0.15, 0.2) is 0 Å². The molecule has 24 heavy (non-hydrogen) atoms. The third kappa shape index (κ3) is 2.74. The summed E-state index contributed by atoms with van der Waals surface area (Å²) < 4.78 is 7.40. The highest BCUT2D eigenvalue weighted by Gasteiger charge is 2.16. The number of carbonyl (C=O) groups is 1. The highest BCUT2D eigenvalue weighted by molar-refractivity contribution is 6.04. The molecule has 2 heterocycles. The highest BCUT2D eigenvalue weighted by atomic mass is 16.5. The van der Waals surface area contributed by atoms with Crippen LogP contribution in [0.25, 0.3) is 11.0 Å². The van der Waals surface area contributed by atoms with Crippen molar-refractivity contribution in [1.82, 2.24) is 15.0 Å². The molecular formula is C18H16N4O2. The average molecular weight is 320 g/mol. The van der Waals surface area contributed by atoms with Gasteiger partial charge in [0.1, 0.15) is 12.3 Å². The molecule has 0 fully saturated rings. The van der Waals surface area contributed by atoms with Crippen LogP contribution in [0.4, 0.5) is 0 Å². The molecule has 0 saturated heterocycles. The Morgan fingerprint density at radius 3 is 3.00 bits per heavy atom. The lowest BCUT2D eigenvalue weighted by Crippen LogP contribution is -2.26. The van der Waals surface area contributed by atoms with Crippen molar-refractivity contribution in [3.63, 3.8) is 0 Å². The standard InChI is InChI=1S/C18H16N4O2/c23-18(11-22-12-19-15-6-2-3-7-16(15)22)21-20-14-9-10-24-17-8-4-1-5-13(14)17/h1-8,12H,9-11H2,(H,21,23)/b20-14-. The maximum absolute atomic E-state index is 12.2. The van der Waals surface area contributed by atoms with Gasteiger partial charge >= 0.3 is 0 Å². The zero-order valence-electron chi connectivity index (χ0n) is 13.0. The minimum atomic E-state index is -0.186. The molecule has 2 aromatic carbocycles. The molecule has 4 rings (SSSR count). The Balaban J connectivity index is 1.49. The second-order valence-electron chi connectivity index (χ2n) is 5.55. The maximum Gasteiger partial charge on any atom is 0.260 e. The fourth-order valence-corrected chi connectivity index (χ4v) is 2.80. The van der Waals surface area contributed by atoms with Gasteiger partial charge in [-0.05, 0) is 24.3 Å². The quantitative estimate of drug-likeness (QED) is 0.753. The van der Waals surface area contributed by atoms with Crippen LogP contribution < -0.4 is 10.2 Å². The fourth-order valence-electron chi connectivity index (χ4n) is 2.80. The highest BCUT2D eigenvalue weighted by Crippen LogP contribution is 2.24. The molecule has 0 spiro atoms. The van der Waals surface area contributed by atoms with Crippen molar-refractivity contribution in [1.29, 1.82) is 0 Å². The Hall–Kier alpha value is -3.15. The molecule has 6 heteroatoms. The van der Waals surface area contributed by atoms with Gasteiger partial charge in [-0.15, -0.1) is 0 Å². The lowest BCUT2D eigenvalue weighted by molar-refractivity contribution is -0.121. The molecule has 3 aromatic rings. The van der Waals surface area contributed by atoms with Crippen molar-refractivity contribution >= 4 is 22.7 Å². The van der Waals surface area contributed by atoms with Crippen LogP contribution in [0.3, 0.4) is 0 Å². The number of ether oxygens (including phenoxy) is 1. The maximum atomic E-state index is 12.2. The fraction of sp³-hybridized carbons (Fsp3) is 0.167. The van der Waals surface area contributed by atoms with E-state index in [4.69, 9.17) is 4.74 Å². The van der Waals surface area contributed by atoms with Gasteiger partial charge in [-0.3, -0.25) is 4.79 Å². The van der Waals surface area contributed by atoms with Crippen LogP contribution in [0.1, 0.15) is 12.0 Å². The molecule has 6 nitrogen and oxygen atoms in total. The lowest BCUT2D eigenvalue weighted by Gasteiger charge is -2.18. The normalized spacial score (nSPS) is 15.1. The molecule has 0 atom stereocenters. The van der Waals surface area contributed by atoms with Crippen LogP contribution in [0.15, 0.2) is 60.0 Å². The Morgan fingerprint density at radius 1 is 1.21 bits per heavy atom. The number of amides is 1. The molecule has 0 radical (unpaired) electrons. The molecule has 0 aliphatic carbocycles. The van der Waals surface area contributed by atoms with Crippen molar-refractivity contribution in [2.45, 2.75) is 13.0 Å². The lowest BCUT2D eigenvalue weighted by atomic mass is 10.0. The van der Waals surface area contributed by atoms with E-state index in [9.17, 15) is 4.79 Å². The Bertz CT molecular complexity index is 929. The first-order valence-corrected chi connectivity index (χ1v) is 7.79. The summed E-state index contributed by atoms with van der Waals surface area (Å²) in [4.78, 5) is 16.5. The molecule has 1 aliphatic heterocycles. The zero-order valence-corrected chi connectivity index (χ0v) is 13.0. The first-order chi connectivity index (χ1) is 11.8. The van der Waals surface area contributed by atoms with Crippen LogP contribution in [0, 0.1) is 0 Å². The van der Waals surface area contributed by atoms with Gasteiger partial charge in [-0.1, -0.05) is 24.3 Å². The molecular weight excluding hydrogens is 304 g/mol. The van der Waals surface area contributed by atoms with Crippen LogP contribution in [-0.4, -0.2) is 27.8 Å². The van der Waals surface area contributed by atoms with E-state index in [0.29, 0.717) is 13.0 Å². The average Bonchev–Trinajstić information content (AvgIpc) is 3.03. The number of benzene rings is 2. The number of imidazole rings is 1. The van der Waals surface area contributed by atoms with Crippen molar-refractivity contribution < 1.29 is 9.53 Å². The molecule has 0 saturated carbocycles. The number of rotatable bonds is 3. The summed E-state index contributed by atoms with van der Waals surface area (Å²) in [6, 6.07) is 15.4. The van der Waals surface area contributed by atoms with Crippen LogP contribution in [0.5, 0.6) is 5.75 Å². The van der Waals surface area contributed by atoms with Gasteiger partial charge in [0.25, 0.3) is 5.91 Å². The first-order valence-electron chi connectivity index (χ1n) is 7.79. The van der Waals surface area contributed by atoms with E-state index in [-0.39, 0.29) is 12.5 Å². The van der Waals surface area contributed by atoms with E-state index in [0.717, 1.165) is 28.1 Å². The van der Waals surface area contributed by atoms with E-state index in [1.807, 2.05) is 53.1 Å². The van der Waals surface area contributed by atoms with E-state index < -0.39 is 0 Å². The summed E-state index contributed by atoms with van der Waals surface area (Å²) in [6.45, 7) is 0.743. The molecule has 0 bridgehead atoms. The SMILES string of the molecule is O=C(Cn1cnc2ccccc21)N/N=C1/CCOc2ccccc21. The van der Waals surface area contributed by atoms with Gasteiger partial charge < -0.3 is 9.30 Å². The number of hydrazone groups is 1. The topological polar surface area (TPSA) is 68.5 Å². The third-order valence-corrected chi connectivity index (χ3v) is 3.95. The monoisotopic (exact) mass is 320 g/mol. The number of nitrogens with one attached hydrogen (secondary N) is 1. The minimum absolute atomic E-state index is 0.176. The Morgan fingerprint density at radius 2 is 2.04 bits per heavy atom. The van der Waals surface area contributed by atoms with E-state index in [1.165, 1.54) is 0 Å². The predicted molar refractivity (Wildman–Crippen MR) is 91.0 cm³/mol. The summed E-state index contributed by atoms with van der Waals surface area (Å²) in [5.41, 5.74) is 6.20. The summed E-state index contributed by atoms with van der Waals surface area (Å²) >= 11 is 0. The van der Waals surface area contributed by atoms with Gasteiger partial charge in [-0.25, -0.2) is 10.4 Å². The second-order valence-corrected chi connectivity index (χ2v) is 5.55. The zero-order chi connectivity index (χ0) is 16.4. The molecule has 0 unspecified atom stereocenters. The van der Waals surface area contributed by atoms with Crippen LogP contribution >= 0.6 is 0 Å². The summed E-state index contributed by atoms with van der Waals surface area (Å²) in [5, 5.41) is 4.29. The Labute approximate surface area is 138 Å². The largest absolute Gasteiger partial charge is 0.492 e. The first kappa shape index (κ1) is 14.4. The van der Waals surface area contributed by atoms with E-state index in [1.54, 1.807) is 6.33 Å². The Kier molecular flexibility index (Phi) is 3.70. The number of fused-ring (bicyclic) bond motifs is 2. The van der Waals surface area contributed by atoms with Crippen molar-refractivity contribution in [3.05, 3.63) is 60.4 Å². The molecule has 1 amide bonds. The van der Waals surface area contributed by atoms with Crippen LogP contribution in [0.2, 0.25) is 0 Å². The van der Waals surface area contributed by atoms with Gasteiger partial charge in [0.2, 0.25) is 0 Å². The molecule has 1 aromatic heterocycles. The molecule has 1 aliphatic rings. The summed E-state index contributed by atoms with van der Waals surface area (Å²) in [5.74, 6) is 0.618. The number of carbonyl (C=O) groups excluding carboxylic acids is 1. The molecule has 1 N–H and O–H groups in total. The van der Waals surface area contributed by atoms with Crippen molar-refractivity contribution in [2.24, 2.45) is 5.10 Å².